The molecule has 0 saturated heterocycles. The second-order valence-electron chi connectivity index (χ2n) is 2.59. The SMILES string of the molecule is NCc1c(C(F)F)cnc([N+](=O)[O-])c1Br. The van der Waals surface area contributed by atoms with Gasteiger partial charge in [-0.25, -0.2) is 8.78 Å². The lowest BCUT2D eigenvalue weighted by atomic mass is 10.1. The van der Waals surface area contributed by atoms with Crippen molar-refractivity contribution in [1.29, 1.82) is 0 Å². The summed E-state index contributed by atoms with van der Waals surface area (Å²) in [6.45, 7) is -0.219. The van der Waals surface area contributed by atoms with Crippen molar-refractivity contribution in [2.24, 2.45) is 5.73 Å². The first kappa shape index (κ1) is 11.9. The molecule has 15 heavy (non-hydrogen) atoms. The van der Waals surface area contributed by atoms with Crippen molar-refractivity contribution in [3.8, 4) is 0 Å². The van der Waals surface area contributed by atoms with Crippen molar-refractivity contribution in [2.75, 3.05) is 0 Å². The van der Waals surface area contributed by atoms with E-state index in [4.69, 9.17) is 5.73 Å². The van der Waals surface area contributed by atoms with Crippen LogP contribution in [0.15, 0.2) is 10.7 Å². The van der Waals surface area contributed by atoms with E-state index < -0.39 is 22.7 Å². The van der Waals surface area contributed by atoms with E-state index in [1.165, 1.54) is 0 Å². The zero-order valence-electron chi connectivity index (χ0n) is 7.28. The van der Waals surface area contributed by atoms with Gasteiger partial charge in [0.15, 0.2) is 0 Å². The average Bonchev–Trinajstić information content (AvgIpc) is 2.16. The number of nitrogens with zero attached hydrogens (tertiary/aromatic N) is 2. The summed E-state index contributed by atoms with van der Waals surface area (Å²) >= 11 is 2.84. The highest BCUT2D eigenvalue weighted by Crippen LogP contribution is 2.32. The highest BCUT2D eigenvalue weighted by atomic mass is 79.9. The Bertz CT molecular complexity index is 400. The maximum atomic E-state index is 12.4. The quantitative estimate of drug-likeness (QED) is 0.680. The number of nitro groups is 1. The van der Waals surface area contributed by atoms with Crippen LogP contribution in [-0.2, 0) is 6.54 Å². The van der Waals surface area contributed by atoms with Crippen LogP contribution in [0.1, 0.15) is 17.6 Å². The van der Waals surface area contributed by atoms with Crippen LogP contribution in [0, 0.1) is 10.1 Å². The second kappa shape index (κ2) is 4.58. The van der Waals surface area contributed by atoms with Crippen LogP contribution in [0.3, 0.4) is 0 Å². The Labute approximate surface area is 91.6 Å². The van der Waals surface area contributed by atoms with Gasteiger partial charge in [-0.1, -0.05) is 0 Å². The second-order valence-corrected chi connectivity index (χ2v) is 3.38. The first-order valence-corrected chi connectivity index (χ1v) is 4.58. The molecule has 0 bridgehead atoms. The molecule has 0 aromatic carbocycles. The van der Waals surface area contributed by atoms with E-state index in [9.17, 15) is 18.9 Å². The van der Waals surface area contributed by atoms with Gasteiger partial charge in [0.2, 0.25) is 0 Å². The molecule has 0 aliphatic rings. The van der Waals surface area contributed by atoms with Gasteiger partial charge in [-0.05, 0) is 25.8 Å². The lowest BCUT2D eigenvalue weighted by Gasteiger charge is -2.06. The third-order valence-electron chi connectivity index (χ3n) is 1.75. The molecule has 0 fully saturated rings. The minimum Gasteiger partial charge on any atom is -0.358 e. The maximum Gasteiger partial charge on any atom is 0.378 e. The van der Waals surface area contributed by atoms with Crippen molar-refractivity contribution >= 4 is 21.7 Å². The summed E-state index contributed by atoms with van der Waals surface area (Å²) in [6.07, 6.45) is -1.98. The number of hydrogen-bond donors (Lipinski definition) is 1. The largest absolute Gasteiger partial charge is 0.378 e. The fraction of sp³-hybridized carbons (Fsp3) is 0.286. The summed E-state index contributed by atoms with van der Waals surface area (Å²) in [5, 5.41) is 10.5. The molecule has 0 aliphatic heterocycles. The Kier molecular flexibility index (Phi) is 3.64. The van der Waals surface area contributed by atoms with Crippen molar-refractivity contribution in [3.05, 3.63) is 31.9 Å². The molecule has 0 amide bonds. The van der Waals surface area contributed by atoms with Crippen molar-refractivity contribution in [2.45, 2.75) is 13.0 Å². The van der Waals surface area contributed by atoms with Crippen molar-refractivity contribution < 1.29 is 13.7 Å². The van der Waals surface area contributed by atoms with E-state index in [0.29, 0.717) is 0 Å². The Morgan fingerprint density at radius 2 is 2.27 bits per heavy atom. The van der Waals surface area contributed by atoms with Crippen LogP contribution in [0.5, 0.6) is 0 Å². The topological polar surface area (TPSA) is 82.0 Å². The zero-order valence-corrected chi connectivity index (χ0v) is 8.87. The number of nitrogens with two attached hydrogens (primary N) is 1. The lowest BCUT2D eigenvalue weighted by molar-refractivity contribution is -0.390. The molecule has 1 aromatic heterocycles. The van der Waals surface area contributed by atoms with E-state index in [2.05, 4.69) is 20.9 Å². The molecule has 8 heteroatoms. The Balaban J connectivity index is 3.39. The average molecular weight is 282 g/mol. The van der Waals surface area contributed by atoms with Crippen LogP contribution in [-0.4, -0.2) is 9.91 Å². The maximum absolute atomic E-state index is 12.4. The number of rotatable bonds is 3. The number of alkyl halides is 2. The molecule has 0 aliphatic carbocycles. The summed E-state index contributed by atoms with van der Waals surface area (Å²) in [5.41, 5.74) is 4.86. The normalized spacial score (nSPS) is 10.7. The summed E-state index contributed by atoms with van der Waals surface area (Å²) in [6, 6.07) is 0. The summed E-state index contributed by atoms with van der Waals surface area (Å²) in [7, 11) is 0. The van der Waals surface area contributed by atoms with E-state index in [1.807, 2.05) is 0 Å². The summed E-state index contributed by atoms with van der Waals surface area (Å²) in [4.78, 5) is 13.0. The molecule has 0 radical (unpaired) electrons. The van der Waals surface area contributed by atoms with Crippen LogP contribution in [0.25, 0.3) is 0 Å². The molecule has 1 heterocycles. The number of pyridine rings is 1. The van der Waals surface area contributed by atoms with Crippen LogP contribution < -0.4 is 5.73 Å². The number of hydrogen-bond acceptors (Lipinski definition) is 4. The van der Waals surface area contributed by atoms with E-state index in [-0.39, 0.29) is 16.6 Å². The minimum absolute atomic E-state index is 0.00620. The molecule has 82 valence electrons. The van der Waals surface area contributed by atoms with Gasteiger partial charge in [-0.2, -0.15) is 0 Å². The predicted molar refractivity (Wildman–Crippen MR) is 51.4 cm³/mol. The summed E-state index contributed by atoms with van der Waals surface area (Å²) < 4.78 is 24.8. The lowest BCUT2D eigenvalue weighted by Crippen LogP contribution is -2.07. The molecule has 1 rings (SSSR count). The molecule has 0 saturated carbocycles. The van der Waals surface area contributed by atoms with Gasteiger partial charge in [0.05, 0.1) is 5.56 Å². The highest BCUT2D eigenvalue weighted by molar-refractivity contribution is 9.10. The molecular weight excluding hydrogens is 276 g/mol. The predicted octanol–water partition coefficient (Wildman–Crippen LogP) is 2.15. The van der Waals surface area contributed by atoms with Gasteiger partial charge in [0, 0.05) is 12.1 Å². The van der Waals surface area contributed by atoms with Crippen molar-refractivity contribution in [1.82, 2.24) is 4.98 Å². The fourth-order valence-corrected chi connectivity index (χ4v) is 1.69. The Morgan fingerprint density at radius 3 is 2.67 bits per heavy atom. The first-order valence-electron chi connectivity index (χ1n) is 3.79. The van der Waals surface area contributed by atoms with E-state index in [1.54, 1.807) is 0 Å². The van der Waals surface area contributed by atoms with Gasteiger partial charge in [0.1, 0.15) is 10.7 Å². The van der Waals surface area contributed by atoms with E-state index >= 15 is 0 Å². The molecule has 5 nitrogen and oxygen atoms in total. The van der Waals surface area contributed by atoms with E-state index in [0.717, 1.165) is 6.20 Å². The Hall–Kier alpha value is -1.15. The minimum atomic E-state index is -2.76. The van der Waals surface area contributed by atoms with Gasteiger partial charge >= 0.3 is 5.82 Å². The first-order chi connectivity index (χ1) is 6.99. The van der Waals surface area contributed by atoms with Gasteiger partial charge < -0.3 is 15.8 Å². The number of aromatic nitrogens is 1. The molecule has 2 N–H and O–H groups in total. The van der Waals surface area contributed by atoms with Crippen LogP contribution in [0.4, 0.5) is 14.6 Å². The Morgan fingerprint density at radius 1 is 1.67 bits per heavy atom. The molecule has 0 atom stereocenters. The fourth-order valence-electron chi connectivity index (χ4n) is 1.05. The molecule has 1 aromatic rings. The summed E-state index contributed by atoms with van der Waals surface area (Å²) in [5.74, 6) is -0.514. The van der Waals surface area contributed by atoms with Crippen molar-refractivity contribution in [3.63, 3.8) is 0 Å². The zero-order chi connectivity index (χ0) is 11.6. The highest BCUT2D eigenvalue weighted by Gasteiger charge is 2.24. The molecule has 0 spiro atoms. The standard InChI is InChI=1S/C7H6BrF2N3O2/c8-5-3(1-11)4(6(9)10)2-12-7(5)13(14)15/h2,6H,1,11H2. The third-order valence-corrected chi connectivity index (χ3v) is 2.58. The molecule has 0 unspecified atom stereocenters. The van der Waals surface area contributed by atoms with Crippen LogP contribution in [0.2, 0.25) is 0 Å². The molecular formula is C7H6BrF2N3O2. The van der Waals surface area contributed by atoms with Gasteiger partial charge in [0.25, 0.3) is 6.43 Å². The smallest absolute Gasteiger partial charge is 0.358 e. The third kappa shape index (κ3) is 2.26. The van der Waals surface area contributed by atoms with Gasteiger partial charge in [-0.15, -0.1) is 0 Å². The van der Waals surface area contributed by atoms with Crippen LogP contribution >= 0.6 is 15.9 Å². The monoisotopic (exact) mass is 281 g/mol. The van der Waals surface area contributed by atoms with Gasteiger partial charge in [-0.3, -0.25) is 0 Å². The number of halogens is 3.